The van der Waals surface area contributed by atoms with Gasteiger partial charge in [0.1, 0.15) is 12.4 Å². The molecule has 1 N–H and O–H groups in total. The van der Waals surface area contributed by atoms with E-state index in [1.807, 2.05) is 0 Å². The molecule has 0 bridgehead atoms. The number of hydrogen-bond acceptors (Lipinski definition) is 3. The number of halogens is 3. The zero-order chi connectivity index (χ0) is 14.5. The molecule has 0 rings (SSSR count). The van der Waals surface area contributed by atoms with E-state index in [-0.39, 0.29) is 5.70 Å². The second-order valence-corrected chi connectivity index (χ2v) is 3.89. The molecular weight excluding hydrogens is 247 g/mol. The second kappa shape index (κ2) is 6.32. The maximum Gasteiger partial charge on any atom is 0.406 e. The molecule has 1 amide bonds. The van der Waals surface area contributed by atoms with E-state index in [2.05, 4.69) is 11.9 Å². The number of carbonyl (C=O) groups is 1. The maximum atomic E-state index is 12.3. The van der Waals surface area contributed by atoms with Gasteiger partial charge in [-0.3, -0.25) is 4.79 Å². The maximum absolute atomic E-state index is 12.3. The third-order valence-corrected chi connectivity index (χ3v) is 2.11. The van der Waals surface area contributed by atoms with Gasteiger partial charge < -0.3 is 15.1 Å². The van der Waals surface area contributed by atoms with E-state index in [0.29, 0.717) is 10.7 Å². The van der Waals surface area contributed by atoms with E-state index < -0.39 is 18.6 Å². The van der Waals surface area contributed by atoms with Gasteiger partial charge >= 0.3 is 6.18 Å². The second-order valence-electron chi connectivity index (χ2n) is 3.89. The molecule has 4 nitrogen and oxygen atoms in total. The zero-order valence-electron chi connectivity index (χ0n) is 10.9. The first-order valence-electron chi connectivity index (χ1n) is 5.19. The molecule has 0 aliphatic rings. The summed E-state index contributed by atoms with van der Waals surface area (Å²) in [4.78, 5) is 13.5. The number of alkyl halides is 3. The molecule has 0 atom stereocenters. The third-order valence-electron chi connectivity index (χ3n) is 2.11. The van der Waals surface area contributed by atoms with Crippen LogP contribution in [-0.2, 0) is 4.79 Å². The van der Waals surface area contributed by atoms with Crippen molar-refractivity contribution < 1.29 is 18.0 Å². The first-order chi connectivity index (χ1) is 8.08. The Hall–Kier alpha value is -1.66. The van der Waals surface area contributed by atoms with Crippen molar-refractivity contribution >= 4 is 5.91 Å². The summed E-state index contributed by atoms with van der Waals surface area (Å²) in [5.41, 5.74) is -0.0159. The number of nitrogens with zero attached hydrogens (tertiary/aromatic N) is 2. The zero-order valence-corrected chi connectivity index (χ0v) is 10.9. The van der Waals surface area contributed by atoms with Crippen LogP contribution in [0.15, 0.2) is 24.2 Å². The SMILES string of the molecule is C=C(/C=C(/NC)N(C)C)N(CC(F)(F)F)C(C)=O. The van der Waals surface area contributed by atoms with Crippen LogP contribution in [0.3, 0.4) is 0 Å². The summed E-state index contributed by atoms with van der Waals surface area (Å²) in [6, 6.07) is 0. The number of nitrogens with one attached hydrogen (secondary N) is 1. The van der Waals surface area contributed by atoms with Crippen molar-refractivity contribution in [1.29, 1.82) is 0 Å². The van der Waals surface area contributed by atoms with Crippen LogP contribution >= 0.6 is 0 Å². The Morgan fingerprint density at radius 1 is 1.39 bits per heavy atom. The molecule has 0 fully saturated rings. The van der Waals surface area contributed by atoms with Crippen molar-refractivity contribution in [2.45, 2.75) is 13.1 Å². The van der Waals surface area contributed by atoms with Gasteiger partial charge in [-0.25, -0.2) is 0 Å². The predicted molar refractivity (Wildman–Crippen MR) is 63.4 cm³/mol. The Morgan fingerprint density at radius 2 is 1.89 bits per heavy atom. The van der Waals surface area contributed by atoms with E-state index in [0.717, 1.165) is 6.92 Å². The van der Waals surface area contributed by atoms with E-state index in [9.17, 15) is 18.0 Å². The molecule has 0 saturated heterocycles. The fourth-order valence-corrected chi connectivity index (χ4v) is 1.26. The van der Waals surface area contributed by atoms with E-state index in [1.54, 1.807) is 26.0 Å². The molecule has 18 heavy (non-hydrogen) atoms. The van der Waals surface area contributed by atoms with Gasteiger partial charge in [-0.05, 0) is 0 Å². The topological polar surface area (TPSA) is 35.6 Å². The molecule has 0 unspecified atom stereocenters. The highest BCUT2D eigenvalue weighted by Crippen LogP contribution is 2.19. The summed E-state index contributed by atoms with van der Waals surface area (Å²) in [5.74, 6) is -0.156. The smallest absolute Gasteiger partial charge is 0.375 e. The van der Waals surface area contributed by atoms with Crippen molar-refractivity contribution in [3.8, 4) is 0 Å². The highest BCUT2D eigenvalue weighted by Gasteiger charge is 2.32. The van der Waals surface area contributed by atoms with E-state index in [1.165, 1.54) is 6.08 Å². The van der Waals surface area contributed by atoms with Gasteiger partial charge in [0.05, 0.1) is 0 Å². The Morgan fingerprint density at radius 3 is 2.17 bits per heavy atom. The monoisotopic (exact) mass is 265 g/mol. The Labute approximate surface area is 105 Å². The molecule has 0 radical (unpaired) electrons. The number of hydrogen-bond donors (Lipinski definition) is 1. The summed E-state index contributed by atoms with van der Waals surface area (Å²) < 4.78 is 37.0. The average Bonchev–Trinajstić information content (AvgIpc) is 2.20. The number of carbonyl (C=O) groups excluding carboxylic acids is 1. The molecule has 0 heterocycles. The molecule has 0 spiro atoms. The van der Waals surface area contributed by atoms with Crippen molar-refractivity contribution in [3.05, 3.63) is 24.2 Å². The van der Waals surface area contributed by atoms with Gasteiger partial charge in [0.25, 0.3) is 0 Å². The summed E-state index contributed by atoms with van der Waals surface area (Å²) in [6.07, 6.45) is -3.08. The number of allylic oxidation sites excluding steroid dienone is 1. The van der Waals surface area contributed by atoms with Crippen LogP contribution in [0.5, 0.6) is 0 Å². The minimum atomic E-state index is -4.46. The van der Waals surface area contributed by atoms with Crippen LogP contribution in [0, 0.1) is 0 Å². The number of rotatable bonds is 5. The van der Waals surface area contributed by atoms with Gasteiger partial charge in [-0.1, -0.05) is 6.58 Å². The van der Waals surface area contributed by atoms with Gasteiger partial charge in [0, 0.05) is 39.8 Å². The van der Waals surface area contributed by atoms with Crippen LogP contribution in [0.4, 0.5) is 13.2 Å². The van der Waals surface area contributed by atoms with Gasteiger partial charge in [-0.15, -0.1) is 0 Å². The molecule has 0 aliphatic carbocycles. The quantitative estimate of drug-likeness (QED) is 0.766. The van der Waals surface area contributed by atoms with Crippen molar-refractivity contribution in [2.75, 3.05) is 27.7 Å². The predicted octanol–water partition coefficient (Wildman–Crippen LogP) is 1.53. The van der Waals surface area contributed by atoms with Crippen LogP contribution < -0.4 is 5.32 Å². The highest BCUT2D eigenvalue weighted by atomic mass is 19.4. The average molecular weight is 265 g/mol. The first kappa shape index (κ1) is 16.3. The minimum Gasteiger partial charge on any atom is -0.375 e. The first-order valence-corrected chi connectivity index (χ1v) is 5.19. The lowest BCUT2D eigenvalue weighted by molar-refractivity contribution is -0.155. The lowest BCUT2D eigenvalue weighted by Gasteiger charge is -2.24. The fraction of sp³-hybridized carbons (Fsp3) is 0.545. The molecule has 0 aromatic rings. The van der Waals surface area contributed by atoms with Gasteiger partial charge in [0.2, 0.25) is 5.91 Å². The van der Waals surface area contributed by atoms with Crippen molar-refractivity contribution in [1.82, 2.24) is 15.1 Å². The fourth-order valence-electron chi connectivity index (χ4n) is 1.26. The lowest BCUT2D eigenvalue weighted by Crippen LogP contribution is -2.36. The Balaban J connectivity index is 5.05. The number of amides is 1. The van der Waals surface area contributed by atoms with Gasteiger partial charge in [-0.2, -0.15) is 13.2 Å². The molecule has 0 aromatic heterocycles. The molecule has 104 valence electrons. The van der Waals surface area contributed by atoms with Crippen LogP contribution in [-0.4, -0.2) is 49.6 Å². The normalized spacial score (nSPS) is 12.1. The summed E-state index contributed by atoms with van der Waals surface area (Å²) in [5, 5.41) is 2.80. The summed E-state index contributed by atoms with van der Waals surface area (Å²) >= 11 is 0. The Bertz CT molecular complexity index is 348. The van der Waals surface area contributed by atoms with Crippen LogP contribution in [0.2, 0.25) is 0 Å². The van der Waals surface area contributed by atoms with E-state index >= 15 is 0 Å². The largest absolute Gasteiger partial charge is 0.406 e. The summed E-state index contributed by atoms with van der Waals surface area (Å²) in [7, 11) is 5.07. The van der Waals surface area contributed by atoms with E-state index in [4.69, 9.17) is 0 Å². The van der Waals surface area contributed by atoms with Crippen molar-refractivity contribution in [3.63, 3.8) is 0 Å². The molecule has 7 heteroatoms. The standard InChI is InChI=1S/C11H18F3N3O/c1-8(6-10(15-3)16(4)5)17(9(2)18)7-11(12,13)14/h6,15H,1,7H2,2-5H3/b10-6-. The Kier molecular flexibility index (Phi) is 5.74. The van der Waals surface area contributed by atoms with Gasteiger partial charge in [0.15, 0.2) is 0 Å². The molecule has 0 aliphatic heterocycles. The van der Waals surface area contributed by atoms with Crippen LogP contribution in [0.25, 0.3) is 0 Å². The minimum absolute atomic E-state index is 0.0159. The molecule has 0 saturated carbocycles. The third kappa shape index (κ3) is 5.60. The lowest BCUT2D eigenvalue weighted by atomic mass is 10.3. The van der Waals surface area contributed by atoms with Crippen molar-refractivity contribution in [2.24, 2.45) is 0 Å². The highest BCUT2D eigenvalue weighted by molar-refractivity contribution is 5.75. The molecule has 0 aromatic carbocycles. The summed E-state index contributed by atoms with van der Waals surface area (Å²) in [6.45, 7) is 3.22. The van der Waals surface area contributed by atoms with Crippen LogP contribution in [0.1, 0.15) is 6.92 Å². The molecular formula is C11H18F3N3O.